The van der Waals surface area contributed by atoms with Crippen LogP contribution in [0.2, 0.25) is 0 Å². The molecule has 1 N–H and O–H groups in total. The molecule has 1 saturated carbocycles. The van der Waals surface area contributed by atoms with E-state index in [0.717, 1.165) is 37.1 Å². The zero-order chi connectivity index (χ0) is 12.2. The summed E-state index contributed by atoms with van der Waals surface area (Å²) in [6, 6.07) is 0. The maximum Gasteiger partial charge on any atom is 0.229 e. The topological polar surface area (TPSA) is 51.0 Å². The van der Waals surface area contributed by atoms with Gasteiger partial charge in [0, 0.05) is 12.3 Å². The first kappa shape index (κ1) is 12.2. The van der Waals surface area contributed by atoms with E-state index in [-0.39, 0.29) is 0 Å². The van der Waals surface area contributed by atoms with Gasteiger partial charge in [0.15, 0.2) is 5.82 Å². The van der Waals surface area contributed by atoms with Gasteiger partial charge in [-0.2, -0.15) is 4.98 Å². The maximum absolute atomic E-state index is 5.47. The third-order valence-corrected chi connectivity index (χ3v) is 4.37. The molecular weight excluding hydrogens is 226 g/mol. The molecule has 0 atom stereocenters. The summed E-state index contributed by atoms with van der Waals surface area (Å²) in [6.45, 7) is 2.27. The highest BCUT2D eigenvalue weighted by molar-refractivity contribution is 4.96. The van der Waals surface area contributed by atoms with Gasteiger partial charge >= 0.3 is 0 Å². The number of nitrogens with zero attached hydrogens (tertiary/aromatic N) is 2. The Morgan fingerprint density at radius 2 is 1.83 bits per heavy atom. The fourth-order valence-corrected chi connectivity index (χ4v) is 3.21. The molecule has 0 aromatic carbocycles. The second kappa shape index (κ2) is 5.83. The maximum atomic E-state index is 5.47. The molecule has 1 aliphatic heterocycles. The highest BCUT2D eigenvalue weighted by atomic mass is 16.5. The van der Waals surface area contributed by atoms with Crippen LogP contribution in [0, 0.1) is 5.92 Å². The van der Waals surface area contributed by atoms with Crippen molar-refractivity contribution in [3.8, 4) is 0 Å². The molecule has 1 saturated heterocycles. The van der Waals surface area contributed by atoms with Crippen molar-refractivity contribution in [2.45, 2.75) is 57.3 Å². The van der Waals surface area contributed by atoms with Crippen LogP contribution in [0.15, 0.2) is 4.52 Å². The molecule has 2 heterocycles. The molecule has 0 unspecified atom stereocenters. The molecule has 0 bridgehead atoms. The minimum absolute atomic E-state index is 0.535. The Bertz CT molecular complexity index is 365. The predicted molar refractivity (Wildman–Crippen MR) is 69.4 cm³/mol. The summed E-state index contributed by atoms with van der Waals surface area (Å²) in [5, 5.41) is 7.57. The Kier molecular flexibility index (Phi) is 3.93. The summed E-state index contributed by atoms with van der Waals surface area (Å²) in [7, 11) is 0. The van der Waals surface area contributed by atoms with Gasteiger partial charge in [-0.3, -0.25) is 0 Å². The third kappa shape index (κ3) is 2.91. The highest BCUT2D eigenvalue weighted by Crippen LogP contribution is 2.31. The van der Waals surface area contributed by atoms with Crippen LogP contribution in [0.5, 0.6) is 0 Å². The van der Waals surface area contributed by atoms with E-state index in [9.17, 15) is 0 Å². The van der Waals surface area contributed by atoms with Crippen molar-refractivity contribution in [3.05, 3.63) is 11.7 Å². The quantitative estimate of drug-likeness (QED) is 0.894. The molecule has 1 aromatic rings. The Balaban J connectivity index is 1.58. The zero-order valence-corrected chi connectivity index (χ0v) is 11.0. The molecular formula is C14H23N3O. The minimum atomic E-state index is 0.535. The lowest BCUT2D eigenvalue weighted by Gasteiger charge is -2.20. The van der Waals surface area contributed by atoms with Gasteiger partial charge in [-0.25, -0.2) is 0 Å². The summed E-state index contributed by atoms with van der Waals surface area (Å²) in [4.78, 5) is 4.63. The van der Waals surface area contributed by atoms with Crippen molar-refractivity contribution in [1.29, 1.82) is 0 Å². The zero-order valence-electron chi connectivity index (χ0n) is 11.0. The predicted octanol–water partition coefficient (Wildman–Crippen LogP) is 2.66. The SMILES string of the molecule is C1CCC(c2nc(CC3CCNCC3)no2)CC1. The first-order valence-corrected chi connectivity index (χ1v) is 7.45. The average molecular weight is 249 g/mol. The number of nitrogens with one attached hydrogen (secondary N) is 1. The Morgan fingerprint density at radius 3 is 2.61 bits per heavy atom. The van der Waals surface area contributed by atoms with Gasteiger partial charge < -0.3 is 9.84 Å². The van der Waals surface area contributed by atoms with E-state index in [1.54, 1.807) is 0 Å². The van der Waals surface area contributed by atoms with Crippen LogP contribution < -0.4 is 5.32 Å². The van der Waals surface area contributed by atoms with Gasteiger partial charge in [-0.05, 0) is 44.7 Å². The monoisotopic (exact) mass is 249 g/mol. The molecule has 1 aliphatic carbocycles. The van der Waals surface area contributed by atoms with E-state index < -0.39 is 0 Å². The number of hydrogen-bond acceptors (Lipinski definition) is 4. The van der Waals surface area contributed by atoms with Crippen molar-refractivity contribution in [2.75, 3.05) is 13.1 Å². The smallest absolute Gasteiger partial charge is 0.229 e. The first-order chi connectivity index (χ1) is 8.92. The van der Waals surface area contributed by atoms with Crippen LogP contribution in [-0.2, 0) is 6.42 Å². The summed E-state index contributed by atoms with van der Waals surface area (Å²) < 4.78 is 5.47. The second-order valence-corrected chi connectivity index (χ2v) is 5.78. The molecule has 1 aromatic heterocycles. The van der Waals surface area contributed by atoms with Crippen LogP contribution in [0.25, 0.3) is 0 Å². The number of piperidine rings is 1. The van der Waals surface area contributed by atoms with Crippen molar-refractivity contribution < 1.29 is 4.52 Å². The van der Waals surface area contributed by atoms with Gasteiger partial charge in [-0.1, -0.05) is 24.4 Å². The van der Waals surface area contributed by atoms with Crippen LogP contribution in [0.3, 0.4) is 0 Å². The molecule has 2 fully saturated rings. The molecule has 100 valence electrons. The molecule has 18 heavy (non-hydrogen) atoms. The summed E-state index contributed by atoms with van der Waals surface area (Å²) in [6.07, 6.45) is 9.95. The van der Waals surface area contributed by atoms with Gasteiger partial charge in [-0.15, -0.1) is 0 Å². The highest BCUT2D eigenvalue weighted by Gasteiger charge is 2.22. The Labute approximate surface area is 109 Å². The first-order valence-electron chi connectivity index (χ1n) is 7.45. The van der Waals surface area contributed by atoms with E-state index in [1.807, 2.05) is 0 Å². The average Bonchev–Trinajstić information content (AvgIpc) is 2.89. The molecule has 0 spiro atoms. The van der Waals surface area contributed by atoms with Crippen molar-refractivity contribution in [1.82, 2.24) is 15.5 Å². The van der Waals surface area contributed by atoms with E-state index in [0.29, 0.717) is 5.92 Å². The molecule has 4 nitrogen and oxygen atoms in total. The number of hydrogen-bond donors (Lipinski definition) is 1. The molecule has 0 amide bonds. The van der Waals surface area contributed by atoms with Gasteiger partial charge in [0.1, 0.15) is 0 Å². The van der Waals surface area contributed by atoms with Crippen molar-refractivity contribution >= 4 is 0 Å². The van der Waals surface area contributed by atoms with Gasteiger partial charge in [0.25, 0.3) is 0 Å². The summed E-state index contributed by atoms with van der Waals surface area (Å²) in [5.74, 6) is 3.11. The lowest BCUT2D eigenvalue weighted by Crippen LogP contribution is -2.28. The van der Waals surface area contributed by atoms with Crippen LogP contribution >= 0.6 is 0 Å². The van der Waals surface area contributed by atoms with E-state index >= 15 is 0 Å². The fraction of sp³-hybridized carbons (Fsp3) is 0.857. The molecule has 3 rings (SSSR count). The lowest BCUT2D eigenvalue weighted by atomic mass is 9.89. The fourth-order valence-electron chi connectivity index (χ4n) is 3.21. The largest absolute Gasteiger partial charge is 0.339 e. The Morgan fingerprint density at radius 1 is 1.06 bits per heavy atom. The second-order valence-electron chi connectivity index (χ2n) is 5.78. The van der Waals surface area contributed by atoms with Crippen LogP contribution in [0.1, 0.15) is 62.6 Å². The van der Waals surface area contributed by atoms with Crippen molar-refractivity contribution in [2.24, 2.45) is 5.92 Å². The standard InChI is InChI=1S/C14H23N3O/c1-2-4-12(5-3-1)14-16-13(17-18-14)10-11-6-8-15-9-7-11/h11-12,15H,1-10H2. The molecule has 0 radical (unpaired) electrons. The van der Waals surface area contributed by atoms with E-state index in [4.69, 9.17) is 4.52 Å². The third-order valence-electron chi connectivity index (χ3n) is 4.37. The molecule has 2 aliphatic rings. The van der Waals surface area contributed by atoms with Crippen molar-refractivity contribution in [3.63, 3.8) is 0 Å². The molecule has 4 heteroatoms. The lowest BCUT2D eigenvalue weighted by molar-refractivity contribution is 0.309. The minimum Gasteiger partial charge on any atom is -0.339 e. The van der Waals surface area contributed by atoms with E-state index in [2.05, 4.69) is 15.5 Å². The van der Waals surface area contributed by atoms with Crippen LogP contribution in [0.4, 0.5) is 0 Å². The number of rotatable bonds is 3. The summed E-state index contributed by atoms with van der Waals surface area (Å²) in [5.41, 5.74) is 0. The van der Waals surface area contributed by atoms with Gasteiger partial charge in [0.05, 0.1) is 0 Å². The van der Waals surface area contributed by atoms with Crippen LogP contribution in [-0.4, -0.2) is 23.2 Å². The normalized spacial score (nSPS) is 23.3. The number of aromatic nitrogens is 2. The Hall–Kier alpha value is -0.900. The summed E-state index contributed by atoms with van der Waals surface area (Å²) >= 11 is 0. The van der Waals surface area contributed by atoms with Gasteiger partial charge in [0.2, 0.25) is 5.89 Å². The van der Waals surface area contributed by atoms with E-state index in [1.165, 1.54) is 44.9 Å².